The van der Waals surface area contributed by atoms with Gasteiger partial charge >= 0.3 is 0 Å². The van der Waals surface area contributed by atoms with Gasteiger partial charge in [0.25, 0.3) is 11.8 Å². The molecule has 0 aliphatic carbocycles. The Bertz CT molecular complexity index is 989. The molecule has 2 aliphatic heterocycles. The van der Waals surface area contributed by atoms with E-state index < -0.39 is 17.6 Å². The number of carbonyl (C=O) groups excluding carboxylic acids is 2. The van der Waals surface area contributed by atoms with Crippen molar-refractivity contribution in [2.45, 2.75) is 0 Å². The van der Waals surface area contributed by atoms with E-state index in [1.165, 1.54) is 24.3 Å². The van der Waals surface area contributed by atoms with Crippen LogP contribution in [-0.2, 0) is 9.59 Å². The van der Waals surface area contributed by atoms with E-state index in [2.05, 4.69) is 5.32 Å². The number of hydrogen-bond acceptors (Lipinski definition) is 5. The summed E-state index contributed by atoms with van der Waals surface area (Å²) in [5.41, 5.74) is 0.369. The number of thiocarbonyl (C=S) groups is 1. The van der Waals surface area contributed by atoms with E-state index in [1.54, 1.807) is 24.3 Å². The molecule has 4 rings (SSSR count). The number of hydrogen-bond donors (Lipinski definition) is 1. The summed E-state index contributed by atoms with van der Waals surface area (Å²) in [6, 6.07) is 10.7. The number of nitrogens with zero attached hydrogens (tertiary/aromatic N) is 1. The Labute approximate surface area is 152 Å². The number of ether oxygens (including phenoxy) is 2. The lowest BCUT2D eigenvalue weighted by Gasteiger charge is -2.29. The maximum atomic E-state index is 14.1. The molecule has 1 fully saturated rings. The van der Waals surface area contributed by atoms with E-state index in [9.17, 15) is 14.0 Å². The van der Waals surface area contributed by atoms with E-state index in [-0.39, 0.29) is 23.2 Å². The van der Waals surface area contributed by atoms with Gasteiger partial charge in [-0.3, -0.25) is 14.9 Å². The highest BCUT2D eigenvalue weighted by molar-refractivity contribution is 7.80. The first kappa shape index (κ1) is 16.2. The lowest BCUT2D eigenvalue weighted by Crippen LogP contribution is -2.54. The maximum Gasteiger partial charge on any atom is 0.270 e. The molecule has 0 unspecified atom stereocenters. The van der Waals surface area contributed by atoms with E-state index in [4.69, 9.17) is 21.7 Å². The van der Waals surface area contributed by atoms with Crippen LogP contribution in [-0.4, -0.2) is 23.7 Å². The van der Waals surface area contributed by atoms with Crippen LogP contribution in [0, 0.1) is 5.82 Å². The van der Waals surface area contributed by atoms with Gasteiger partial charge in [-0.2, -0.15) is 0 Å². The summed E-state index contributed by atoms with van der Waals surface area (Å²) in [4.78, 5) is 26.0. The molecule has 0 radical (unpaired) electrons. The first-order chi connectivity index (χ1) is 12.5. The highest BCUT2D eigenvalue weighted by Crippen LogP contribution is 2.33. The Morgan fingerprint density at radius 1 is 1.12 bits per heavy atom. The van der Waals surface area contributed by atoms with Crippen LogP contribution < -0.4 is 19.7 Å². The summed E-state index contributed by atoms with van der Waals surface area (Å²) < 4.78 is 24.6. The van der Waals surface area contributed by atoms with Crippen LogP contribution in [0.5, 0.6) is 11.5 Å². The molecule has 2 amide bonds. The zero-order chi connectivity index (χ0) is 18.3. The molecule has 1 saturated heterocycles. The molecule has 2 aromatic carbocycles. The van der Waals surface area contributed by atoms with Gasteiger partial charge in [0.15, 0.2) is 16.6 Å². The monoisotopic (exact) mass is 370 g/mol. The minimum atomic E-state index is -0.707. The van der Waals surface area contributed by atoms with Crippen molar-refractivity contribution in [3.63, 3.8) is 0 Å². The number of amides is 2. The van der Waals surface area contributed by atoms with Gasteiger partial charge in [-0.05, 0) is 48.1 Å². The average molecular weight is 370 g/mol. The average Bonchev–Trinajstić information content (AvgIpc) is 3.08. The minimum absolute atomic E-state index is 0.0286. The quantitative estimate of drug-likeness (QED) is 0.500. The Morgan fingerprint density at radius 2 is 1.88 bits per heavy atom. The number of para-hydroxylation sites is 1. The van der Waals surface area contributed by atoms with E-state index >= 15 is 0 Å². The van der Waals surface area contributed by atoms with Crippen LogP contribution in [0.15, 0.2) is 48.0 Å². The molecule has 2 aromatic rings. The third kappa shape index (κ3) is 2.70. The first-order valence-corrected chi connectivity index (χ1v) is 8.01. The van der Waals surface area contributed by atoms with Crippen LogP contribution in [0.3, 0.4) is 0 Å². The van der Waals surface area contributed by atoms with Crippen LogP contribution in [0.4, 0.5) is 10.1 Å². The molecule has 0 bridgehead atoms. The van der Waals surface area contributed by atoms with E-state index in [0.717, 1.165) is 4.90 Å². The highest BCUT2D eigenvalue weighted by Gasteiger charge is 2.35. The summed E-state index contributed by atoms with van der Waals surface area (Å²) in [6.07, 6.45) is 1.40. The van der Waals surface area contributed by atoms with Crippen molar-refractivity contribution < 1.29 is 23.5 Å². The molecule has 2 heterocycles. The summed E-state index contributed by atoms with van der Waals surface area (Å²) in [5.74, 6) is -0.876. The zero-order valence-electron chi connectivity index (χ0n) is 13.2. The maximum absolute atomic E-state index is 14.1. The molecular formula is C18H11FN2O4S. The second kappa shape index (κ2) is 6.23. The molecule has 2 aliphatic rings. The second-order valence-electron chi connectivity index (χ2n) is 5.52. The fourth-order valence-corrected chi connectivity index (χ4v) is 2.95. The van der Waals surface area contributed by atoms with E-state index in [1.807, 2.05) is 0 Å². The van der Waals surface area contributed by atoms with E-state index in [0.29, 0.717) is 17.1 Å². The van der Waals surface area contributed by atoms with Gasteiger partial charge in [0, 0.05) is 0 Å². The normalized spacial score (nSPS) is 17.7. The summed E-state index contributed by atoms with van der Waals surface area (Å²) in [5, 5.41) is 2.24. The van der Waals surface area contributed by atoms with Crippen LogP contribution >= 0.6 is 12.2 Å². The van der Waals surface area contributed by atoms with Crippen molar-refractivity contribution in [2.75, 3.05) is 11.7 Å². The van der Waals surface area contributed by atoms with Crippen molar-refractivity contribution in [1.29, 1.82) is 0 Å². The fourth-order valence-electron chi connectivity index (χ4n) is 2.68. The van der Waals surface area contributed by atoms with Crippen LogP contribution in [0.1, 0.15) is 5.56 Å². The first-order valence-electron chi connectivity index (χ1n) is 7.60. The molecule has 0 saturated carbocycles. The molecule has 0 spiro atoms. The number of nitrogens with one attached hydrogen (secondary N) is 1. The SMILES string of the molecule is O=C1NC(=S)N(c2ccccc2F)C(=O)C1=Cc1ccc2c(c1)OCO2. The number of benzene rings is 2. The Morgan fingerprint density at radius 3 is 2.69 bits per heavy atom. The Hall–Kier alpha value is -3.26. The van der Waals surface area contributed by atoms with Crippen molar-refractivity contribution >= 4 is 40.9 Å². The van der Waals surface area contributed by atoms with Gasteiger partial charge in [0.05, 0.1) is 5.69 Å². The number of rotatable bonds is 2. The van der Waals surface area contributed by atoms with Gasteiger partial charge in [-0.15, -0.1) is 0 Å². The summed E-state index contributed by atoms with van der Waals surface area (Å²) in [6.45, 7) is 0.115. The predicted octanol–water partition coefficient (Wildman–Crippen LogP) is 2.39. The van der Waals surface area contributed by atoms with Crippen molar-refractivity contribution in [3.05, 3.63) is 59.4 Å². The number of halogens is 1. The molecule has 0 atom stereocenters. The van der Waals surface area contributed by atoms with Crippen molar-refractivity contribution in [3.8, 4) is 11.5 Å². The summed E-state index contributed by atoms with van der Waals surface area (Å²) >= 11 is 5.05. The molecule has 130 valence electrons. The van der Waals surface area contributed by atoms with Gasteiger partial charge in [-0.1, -0.05) is 18.2 Å². The smallest absolute Gasteiger partial charge is 0.270 e. The third-order valence-corrected chi connectivity index (χ3v) is 4.19. The largest absolute Gasteiger partial charge is 0.454 e. The lowest BCUT2D eigenvalue weighted by atomic mass is 10.1. The number of fused-ring (bicyclic) bond motifs is 1. The minimum Gasteiger partial charge on any atom is -0.454 e. The summed E-state index contributed by atoms with van der Waals surface area (Å²) in [7, 11) is 0. The molecular weight excluding hydrogens is 359 g/mol. The van der Waals surface area contributed by atoms with Gasteiger partial charge in [0.1, 0.15) is 11.4 Å². The zero-order valence-corrected chi connectivity index (χ0v) is 14.0. The number of anilines is 1. The molecule has 26 heavy (non-hydrogen) atoms. The Kier molecular flexibility index (Phi) is 3.89. The molecule has 8 heteroatoms. The molecule has 6 nitrogen and oxygen atoms in total. The molecule has 1 N–H and O–H groups in total. The fraction of sp³-hybridized carbons (Fsp3) is 0.0556. The number of carbonyl (C=O) groups is 2. The third-order valence-electron chi connectivity index (χ3n) is 3.90. The molecule has 0 aromatic heterocycles. The van der Waals surface area contributed by atoms with Gasteiger partial charge in [0.2, 0.25) is 6.79 Å². The van der Waals surface area contributed by atoms with Gasteiger partial charge < -0.3 is 9.47 Å². The van der Waals surface area contributed by atoms with Crippen LogP contribution in [0.25, 0.3) is 6.08 Å². The van der Waals surface area contributed by atoms with Crippen LogP contribution in [0.2, 0.25) is 0 Å². The highest BCUT2D eigenvalue weighted by atomic mass is 32.1. The predicted molar refractivity (Wildman–Crippen MR) is 95.2 cm³/mol. The second-order valence-corrected chi connectivity index (χ2v) is 5.91. The standard InChI is InChI=1S/C18H11FN2O4S/c19-12-3-1-2-4-13(12)21-17(23)11(16(22)20-18(21)26)7-10-5-6-14-15(8-10)25-9-24-14/h1-8H,9H2,(H,20,22,26). The van der Waals surface area contributed by atoms with Crippen molar-refractivity contribution in [1.82, 2.24) is 5.32 Å². The van der Waals surface area contributed by atoms with Gasteiger partial charge in [-0.25, -0.2) is 9.29 Å². The Balaban J connectivity index is 1.74. The lowest BCUT2D eigenvalue weighted by molar-refractivity contribution is -0.122. The topological polar surface area (TPSA) is 67.9 Å². The van der Waals surface area contributed by atoms with Crippen molar-refractivity contribution in [2.24, 2.45) is 0 Å².